The largest absolute Gasteiger partial charge is 0.473 e. The predicted octanol–water partition coefficient (Wildman–Crippen LogP) is 5.85. The summed E-state index contributed by atoms with van der Waals surface area (Å²) >= 11 is 19.4. The van der Waals surface area contributed by atoms with Crippen LogP contribution < -0.4 is 0 Å². The fraction of sp³-hybridized carbons (Fsp3) is 0.375. The van der Waals surface area contributed by atoms with Crippen LogP contribution >= 0.6 is 47.2 Å². The molecule has 23 heavy (non-hydrogen) atoms. The van der Waals surface area contributed by atoms with Crippen molar-refractivity contribution < 1.29 is 4.74 Å². The molecule has 2 atom stereocenters. The van der Waals surface area contributed by atoms with Crippen LogP contribution in [0.1, 0.15) is 37.1 Å². The monoisotopic (exact) mass is 388 g/mol. The Morgan fingerprint density at radius 2 is 1.96 bits per heavy atom. The molecule has 1 aromatic heterocycles. The smallest absolute Gasteiger partial charge is 0.221 e. The molecule has 1 heterocycles. The van der Waals surface area contributed by atoms with E-state index in [0.29, 0.717) is 9.41 Å². The molecular formula is C16H18Cl2N2OS2. The second-order valence-corrected chi connectivity index (χ2v) is 8.56. The van der Waals surface area contributed by atoms with Gasteiger partial charge in [0.25, 0.3) is 0 Å². The number of hydrogen-bond donors (Lipinski definition) is 0. The Hall–Kier alpha value is -0.750. The maximum Gasteiger partial charge on any atom is 0.221 e. The molecular weight excluding hydrogens is 371 g/mol. The molecule has 0 saturated heterocycles. The van der Waals surface area contributed by atoms with Gasteiger partial charge in [0.05, 0.1) is 11.6 Å². The van der Waals surface area contributed by atoms with Crippen LogP contribution in [-0.2, 0) is 4.74 Å². The Kier molecular flexibility index (Phi) is 6.37. The summed E-state index contributed by atoms with van der Waals surface area (Å²) in [6.45, 7) is 5.89. The Morgan fingerprint density at radius 3 is 2.48 bits per heavy atom. The normalized spacial score (nSPS) is 14.3. The molecule has 0 saturated carbocycles. The minimum Gasteiger partial charge on any atom is -0.473 e. The summed E-state index contributed by atoms with van der Waals surface area (Å²) in [5.74, 6) is 0. The van der Waals surface area contributed by atoms with Gasteiger partial charge in [-0.05, 0) is 50.7 Å². The number of hydrogen-bond acceptors (Lipinski definition) is 4. The number of thioether (sulfide) groups is 1. The highest BCUT2D eigenvalue weighted by molar-refractivity contribution is 8.22. The zero-order valence-corrected chi connectivity index (χ0v) is 16.2. The van der Waals surface area contributed by atoms with Crippen LogP contribution in [0.3, 0.4) is 0 Å². The minimum atomic E-state index is -0.356. The van der Waals surface area contributed by atoms with Crippen LogP contribution in [0, 0.1) is 0 Å². The summed E-state index contributed by atoms with van der Waals surface area (Å²) in [5, 5.41) is 0.553. The van der Waals surface area contributed by atoms with Gasteiger partial charge in [0, 0.05) is 17.4 Å². The third-order valence-electron chi connectivity index (χ3n) is 2.87. The predicted molar refractivity (Wildman–Crippen MR) is 102 cm³/mol. The van der Waals surface area contributed by atoms with E-state index < -0.39 is 0 Å². The highest BCUT2D eigenvalue weighted by atomic mass is 35.5. The third kappa shape index (κ3) is 5.68. The number of nitrogens with zero attached hydrogens (tertiary/aromatic N) is 2. The molecule has 0 N–H and O–H groups in total. The molecule has 0 aliphatic heterocycles. The minimum absolute atomic E-state index is 0.127. The molecule has 1 aromatic carbocycles. The van der Waals surface area contributed by atoms with Crippen LogP contribution in [0.15, 0.2) is 43.0 Å². The van der Waals surface area contributed by atoms with E-state index in [4.69, 9.17) is 40.2 Å². The number of ether oxygens (including phenoxy) is 1. The molecule has 2 unspecified atom stereocenters. The van der Waals surface area contributed by atoms with E-state index in [-0.39, 0.29) is 16.4 Å². The van der Waals surface area contributed by atoms with E-state index in [1.54, 1.807) is 12.5 Å². The molecule has 124 valence electrons. The summed E-state index contributed by atoms with van der Waals surface area (Å²) < 4.78 is 8.07. The molecule has 0 amide bonds. The molecule has 2 rings (SSSR count). The first-order valence-corrected chi connectivity index (χ1v) is 9.13. The molecule has 0 fully saturated rings. The van der Waals surface area contributed by atoms with E-state index in [1.807, 2.05) is 55.8 Å². The van der Waals surface area contributed by atoms with Crippen LogP contribution in [0.5, 0.6) is 0 Å². The lowest BCUT2D eigenvalue weighted by atomic mass is 10.1. The first-order valence-electron chi connectivity index (χ1n) is 7.03. The van der Waals surface area contributed by atoms with Crippen molar-refractivity contribution in [2.45, 2.75) is 37.1 Å². The number of alkyl halides is 1. The summed E-state index contributed by atoms with van der Waals surface area (Å²) in [5.41, 5.74) is 0.323. The third-order valence-corrected chi connectivity index (χ3v) is 5.18. The second-order valence-electron chi connectivity index (χ2n) is 5.94. The first-order chi connectivity index (χ1) is 10.8. The zero-order chi connectivity index (χ0) is 17.0. The fourth-order valence-corrected chi connectivity index (χ4v) is 4.04. The van der Waals surface area contributed by atoms with Crippen LogP contribution in [0.2, 0.25) is 5.02 Å². The summed E-state index contributed by atoms with van der Waals surface area (Å²) in [6.07, 6.45) is 5.21. The van der Waals surface area contributed by atoms with Gasteiger partial charge in [0.1, 0.15) is 11.1 Å². The molecule has 0 bridgehead atoms. The Labute approximate surface area is 156 Å². The van der Waals surface area contributed by atoms with Gasteiger partial charge >= 0.3 is 0 Å². The van der Waals surface area contributed by atoms with Crippen molar-refractivity contribution >= 4 is 51.6 Å². The lowest BCUT2D eigenvalue weighted by Crippen LogP contribution is -2.22. The summed E-state index contributed by atoms with van der Waals surface area (Å²) in [7, 11) is 0. The van der Waals surface area contributed by atoms with Crippen LogP contribution in [0.25, 0.3) is 0 Å². The second kappa shape index (κ2) is 7.88. The highest BCUT2D eigenvalue weighted by Gasteiger charge is 2.27. The van der Waals surface area contributed by atoms with E-state index in [9.17, 15) is 0 Å². The molecule has 0 spiro atoms. The van der Waals surface area contributed by atoms with E-state index in [0.717, 1.165) is 5.56 Å². The van der Waals surface area contributed by atoms with Gasteiger partial charge in [-0.2, -0.15) is 0 Å². The topological polar surface area (TPSA) is 27.1 Å². The Bertz CT molecular complexity index is 639. The van der Waals surface area contributed by atoms with Crippen molar-refractivity contribution in [3.63, 3.8) is 0 Å². The quantitative estimate of drug-likeness (QED) is 0.484. The van der Waals surface area contributed by atoms with Gasteiger partial charge < -0.3 is 9.30 Å². The lowest BCUT2D eigenvalue weighted by Gasteiger charge is -2.26. The van der Waals surface area contributed by atoms with Crippen molar-refractivity contribution in [2.24, 2.45) is 0 Å². The van der Waals surface area contributed by atoms with Crippen molar-refractivity contribution in [2.75, 3.05) is 0 Å². The molecule has 0 aliphatic rings. The number of imidazole rings is 1. The van der Waals surface area contributed by atoms with Crippen molar-refractivity contribution in [1.29, 1.82) is 0 Å². The number of rotatable bonds is 4. The number of aromatic nitrogens is 2. The van der Waals surface area contributed by atoms with E-state index in [2.05, 4.69) is 4.98 Å². The van der Waals surface area contributed by atoms with Gasteiger partial charge in [-0.15, -0.1) is 0 Å². The standard InChI is InChI=1S/C16H18Cl2N2OS2/c1-16(2,3)21-15(22)23-13(11-4-6-12(17)7-5-11)14(18)20-9-8-19-10-20/h4-10,13-14H,1-3H3. The van der Waals surface area contributed by atoms with E-state index in [1.165, 1.54) is 11.8 Å². The highest BCUT2D eigenvalue weighted by Crippen LogP contribution is 2.42. The molecule has 3 nitrogen and oxygen atoms in total. The van der Waals surface area contributed by atoms with Gasteiger partial charge in [-0.1, -0.05) is 47.1 Å². The van der Waals surface area contributed by atoms with Crippen molar-refractivity contribution in [1.82, 2.24) is 9.55 Å². The van der Waals surface area contributed by atoms with Gasteiger partial charge in [0.2, 0.25) is 4.38 Å². The van der Waals surface area contributed by atoms with Gasteiger partial charge in [-0.25, -0.2) is 4.98 Å². The summed E-state index contributed by atoms with van der Waals surface area (Å²) in [4.78, 5) is 4.06. The molecule has 0 aliphatic carbocycles. The lowest BCUT2D eigenvalue weighted by molar-refractivity contribution is 0.127. The number of halogens is 2. The summed E-state index contributed by atoms with van der Waals surface area (Å²) in [6, 6.07) is 7.59. The maximum atomic E-state index is 6.66. The molecule has 2 aromatic rings. The molecule has 0 radical (unpaired) electrons. The average molecular weight is 389 g/mol. The Balaban J connectivity index is 2.24. The zero-order valence-electron chi connectivity index (χ0n) is 13.1. The number of thiocarbonyl (C=S) groups is 1. The Morgan fingerprint density at radius 1 is 1.30 bits per heavy atom. The van der Waals surface area contributed by atoms with Crippen molar-refractivity contribution in [3.05, 3.63) is 53.6 Å². The van der Waals surface area contributed by atoms with E-state index >= 15 is 0 Å². The SMILES string of the molecule is CC(C)(C)OC(=S)SC(c1ccc(Cl)cc1)C(Cl)n1ccnc1. The fourth-order valence-electron chi connectivity index (χ4n) is 1.88. The van der Waals surface area contributed by atoms with Gasteiger partial charge in [-0.3, -0.25) is 0 Å². The van der Waals surface area contributed by atoms with Gasteiger partial charge in [0.15, 0.2) is 0 Å². The van der Waals surface area contributed by atoms with Crippen LogP contribution in [-0.4, -0.2) is 19.5 Å². The first kappa shape index (κ1) is 18.6. The number of benzene rings is 1. The average Bonchev–Trinajstić information content (AvgIpc) is 2.97. The van der Waals surface area contributed by atoms with Crippen LogP contribution in [0.4, 0.5) is 0 Å². The molecule has 7 heteroatoms. The van der Waals surface area contributed by atoms with Crippen molar-refractivity contribution in [3.8, 4) is 0 Å². The maximum absolute atomic E-state index is 6.66.